The van der Waals surface area contributed by atoms with E-state index in [9.17, 15) is 4.39 Å². The van der Waals surface area contributed by atoms with Crippen molar-refractivity contribution < 1.29 is 14.2 Å². The van der Waals surface area contributed by atoms with E-state index in [1.165, 1.54) is 12.1 Å². The molecule has 1 aromatic carbocycles. The molecule has 0 aliphatic rings. The van der Waals surface area contributed by atoms with Crippen LogP contribution in [-0.4, -0.2) is 31.5 Å². The first-order valence-electron chi connectivity index (χ1n) is 5.80. The van der Waals surface area contributed by atoms with Gasteiger partial charge in [0.05, 0.1) is 25.4 Å². The Morgan fingerprint density at radius 1 is 1.50 bits per heavy atom. The van der Waals surface area contributed by atoms with Crippen molar-refractivity contribution in [2.24, 2.45) is 0 Å². The number of rotatable bonds is 7. The Balaban J connectivity index is 2.44. The fourth-order valence-electron chi connectivity index (χ4n) is 1.52. The summed E-state index contributed by atoms with van der Waals surface area (Å²) < 4.78 is 18.5. The third-order valence-corrected chi connectivity index (χ3v) is 2.55. The van der Waals surface area contributed by atoms with Crippen LogP contribution in [0.4, 0.5) is 4.39 Å². The third kappa shape index (κ3) is 4.41. The van der Waals surface area contributed by atoms with Gasteiger partial charge in [-0.15, -0.1) is 0 Å². The Morgan fingerprint density at radius 2 is 2.28 bits per heavy atom. The van der Waals surface area contributed by atoms with Crippen LogP contribution in [-0.2, 0) is 4.74 Å². The lowest BCUT2D eigenvalue weighted by Crippen LogP contribution is -2.23. The molecule has 0 heterocycles. The molecule has 4 nitrogen and oxygen atoms in total. The molecule has 0 saturated heterocycles. The number of nitriles is 1. The summed E-state index contributed by atoms with van der Waals surface area (Å²) in [5.74, 6) is -0.500. The van der Waals surface area contributed by atoms with Crippen molar-refractivity contribution in [1.29, 1.82) is 5.26 Å². The van der Waals surface area contributed by atoms with E-state index in [0.29, 0.717) is 19.8 Å². The van der Waals surface area contributed by atoms with E-state index in [-0.39, 0.29) is 18.2 Å². The molecule has 0 aliphatic carbocycles. The molecular formula is C13H17FN2O2. The highest BCUT2D eigenvalue weighted by molar-refractivity contribution is 5.34. The van der Waals surface area contributed by atoms with Crippen LogP contribution in [0.3, 0.4) is 0 Å². The maximum absolute atomic E-state index is 13.4. The van der Waals surface area contributed by atoms with Gasteiger partial charge in [-0.3, -0.25) is 0 Å². The van der Waals surface area contributed by atoms with Crippen LogP contribution in [0.15, 0.2) is 18.2 Å². The largest absolute Gasteiger partial charge is 0.394 e. The predicted octanol–water partition coefficient (Wildman–Crippen LogP) is 1.36. The van der Waals surface area contributed by atoms with E-state index in [2.05, 4.69) is 5.32 Å². The van der Waals surface area contributed by atoms with Crippen molar-refractivity contribution >= 4 is 0 Å². The molecular weight excluding hydrogens is 235 g/mol. The summed E-state index contributed by atoms with van der Waals surface area (Å²) in [6.07, 6.45) is 0. The monoisotopic (exact) mass is 252 g/mol. The van der Waals surface area contributed by atoms with Gasteiger partial charge >= 0.3 is 0 Å². The standard InChI is InChI=1S/C13H17FN2O2/c1-10(16-4-6-18-7-5-17)11-2-3-12(9-15)13(14)8-11/h2-3,8,10,16-17H,4-7H2,1H3. The number of benzene rings is 1. The molecule has 5 heteroatoms. The van der Waals surface area contributed by atoms with Crippen LogP contribution in [0.25, 0.3) is 0 Å². The number of ether oxygens (including phenoxy) is 1. The molecule has 0 aliphatic heterocycles. The van der Waals surface area contributed by atoms with Crippen LogP contribution in [0, 0.1) is 17.1 Å². The maximum atomic E-state index is 13.4. The second-order valence-electron chi connectivity index (χ2n) is 3.86. The highest BCUT2D eigenvalue weighted by Gasteiger charge is 2.08. The van der Waals surface area contributed by atoms with Gasteiger partial charge in [-0.05, 0) is 24.6 Å². The van der Waals surface area contributed by atoms with Crippen molar-refractivity contribution in [3.05, 3.63) is 35.1 Å². The summed E-state index contributed by atoms with van der Waals surface area (Å²) in [6, 6.07) is 6.34. The Labute approximate surface area is 106 Å². The number of hydrogen-bond donors (Lipinski definition) is 2. The third-order valence-electron chi connectivity index (χ3n) is 2.55. The van der Waals surface area contributed by atoms with Gasteiger partial charge in [0.2, 0.25) is 0 Å². The van der Waals surface area contributed by atoms with Gasteiger partial charge in [-0.2, -0.15) is 5.26 Å². The molecule has 0 spiro atoms. The van der Waals surface area contributed by atoms with E-state index in [1.807, 2.05) is 6.92 Å². The molecule has 0 fully saturated rings. The highest BCUT2D eigenvalue weighted by Crippen LogP contribution is 2.16. The van der Waals surface area contributed by atoms with E-state index in [4.69, 9.17) is 15.1 Å². The molecule has 0 aromatic heterocycles. The number of aliphatic hydroxyl groups excluding tert-OH is 1. The van der Waals surface area contributed by atoms with Crippen LogP contribution in [0.1, 0.15) is 24.1 Å². The van der Waals surface area contributed by atoms with Crippen molar-refractivity contribution in [3.8, 4) is 6.07 Å². The number of nitrogens with zero attached hydrogens (tertiary/aromatic N) is 1. The zero-order valence-corrected chi connectivity index (χ0v) is 10.3. The van der Waals surface area contributed by atoms with Gasteiger partial charge in [-0.1, -0.05) is 6.07 Å². The molecule has 0 amide bonds. The Bertz CT molecular complexity index is 418. The minimum absolute atomic E-state index is 0.0103. The van der Waals surface area contributed by atoms with E-state index < -0.39 is 5.82 Å². The quantitative estimate of drug-likeness (QED) is 0.719. The zero-order valence-electron chi connectivity index (χ0n) is 10.3. The first kappa shape index (κ1) is 14.6. The van der Waals surface area contributed by atoms with Crippen molar-refractivity contribution in [2.45, 2.75) is 13.0 Å². The highest BCUT2D eigenvalue weighted by atomic mass is 19.1. The number of nitrogens with one attached hydrogen (secondary N) is 1. The Kier molecular flexibility index (Phi) is 6.29. The smallest absolute Gasteiger partial charge is 0.141 e. The maximum Gasteiger partial charge on any atom is 0.141 e. The molecule has 1 atom stereocenters. The fourth-order valence-corrected chi connectivity index (χ4v) is 1.52. The van der Waals surface area contributed by atoms with E-state index in [0.717, 1.165) is 5.56 Å². The summed E-state index contributed by atoms with van der Waals surface area (Å²) in [5.41, 5.74) is 0.839. The van der Waals surface area contributed by atoms with E-state index >= 15 is 0 Å². The number of aliphatic hydroxyl groups is 1. The second kappa shape index (κ2) is 7.77. The molecule has 1 rings (SSSR count). The number of hydrogen-bond acceptors (Lipinski definition) is 4. The Hall–Kier alpha value is -1.48. The average molecular weight is 252 g/mol. The van der Waals surface area contributed by atoms with Crippen LogP contribution >= 0.6 is 0 Å². The summed E-state index contributed by atoms with van der Waals surface area (Å²) in [4.78, 5) is 0. The summed E-state index contributed by atoms with van der Waals surface area (Å²) in [7, 11) is 0. The Morgan fingerprint density at radius 3 is 2.89 bits per heavy atom. The van der Waals surface area contributed by atoms with Crippen LogP contribution < -0.4 is 5.32 Å². The molecule has 2 N–H and O–H groups in total. The molecule has 0 saturated carbocycles. The zero-order chi connectivity index (χ0) is 13.4. The predicted molar refractivity (Wildman–Crippen MR) is 65.4 cm³/mol. The van der Waals surface area contributed by atoms with Crippen molar-refractivity contribution in [2.75, 3.05) is 26.4 Å². The van der Waals surface area contributed by atoms with Gasteiger partial charge < -0.3 is 15.2 Å². The lowest BCUT2D eigenvalue weighted by molar-refractivity contribution is 0.0928. The minimum Gasteiger partial charge on any atom is -0.394 e. The second-order valence-corrected chi connectivity index (χ2v) is 3.86. The normalized spacial score (nSPS) is 12.1. The minimum atomic E-state index is -0.500. The molecule has 98 valence electrons. The molecule has 1 unspecified atom stereocenters. The van der Waals surface area contributed by atoms with Gasteiger partial charge in [0.1, 0.15) is 11.9 Å². The summed E-state index contributed by atoms with van der Waals surface area (Å²) in [6.45, 7) is 3.34. The van der Waals surface area contributed by atoms with Crippen LogP contribution in [0.5, 0.6) is 0 Å². The first-order chi connectivity index (χ1) is 8.69. The van der Waals surface area contributed by atoms with Gasteiger partial charge in [0, 0.05) is 12.6 Å². The molecule has 1 aromatic rings. The lowest BCUT2D eigenvalue weighted by Gasteiger charge is -2.14. The lowest BCUT2D eigenvalue weighted by atomic mass is 10.1. The first-order valence-corrected chi connectivity index (χ1v) is 5.80. The molecule has 18 heavy (non-hydrogen) atoms. The van der Waals surface area contributed by atoms with Crippen molar-refractivity contribution in [3.63, 3.8) is 0 Å². The SMILES string of the molecule is CC(NCCOCCO)c1ccc(C#N)c(F)c1. The van der Waals surface area contributed by atoms with E-state index in [1.54, 1.807) is 12.1 Å². The van der Waals surface area contributed by atoms with Gasteiger partial charge in [0.15, 0.2) is 0 Å². The van der Waals surface area contributed by atoms with Crippen molar-refractivity contribution in [1.82, 2.24) is 5.32 Å². The number of halogens is 1. The van der Waals surface area contributed by atoms with Crippen LogP contribution in [0.2, 0.25) is 0 Å². The topological polar surface area (TPSA) is 65.3 Å². The molecule has 0 radical (unpaired) electrons. The summed E-state index contributed by atoms with van der Waals surface area (Å²) >= 11 is 0. The fraction of sp³-hybridized carbons (Fsp3) is 0.462. The summed E-state index contributed by atoms with van der Waals surface area (Å²) in [5, 5.41) is 20.3. The average Bonchev–Trinajstić information content (AvgIpc) is 2.38. The van der Waals surface area contributed by atoms with Gasteiger partial charge in [0.25, 0.3) is 0 Å². The molecule has 0 bridgehead atoms. The van der Waals surface area contributed by atoms with Gasteiger partial charge in [-0.25, -0.2) is 4.39 Å².